The first-order valence-electron chi connectivity index (χ1n) is 7.88. The van der Waals surface area contributed by atoms with Crippen molar-refractivity contribution in [2.24, 2.45) is 10.7 Å². The van der Waals surface area contributed by atoms with Crippen LogP contribution in [0.5, 0.6) is 0 Å². The van der Waals surface area contributed by atoms with Gasteiger partial charge in [-0.15, -0.1) is 0 Å². The first kappa shape index (κ1) is 20.7. The molecule has 0 spiro atoms. The molecule has 1 amide bonds. The van der Waals surface area contributed by atoms with Crippen molar-refractivity contribution in [2.45, 2.75) is 33.7 Å². The lowest BCUT2D eigenvalue weighted by atomic mass is 10.1. The van der Waals surface area contributed by atoms with Crippen molar-refractivity contribution in [2.75, 3.05) is 7.05 Å². The average molecular weight is 367 g/mol. The first-order chi connectivity index (χ1) is 11.8. The van der Waals surface area contributed by atoms with Gasteiger partial charge < -0.3 is 16.4 Å². The molecule has 5 nitrogen and oxygen atoms in total. The number of rotatable bonds is 7. The Morgan fingerprint density at radius 2 is 2.08 bits per heavy atom. The van der Waals surface area contributed by atoms with Crippen LogP contribution < -0.4 is 16.4 Å². The Hall–Kier alpha value is -2.34. The number of carbonyl (C=O) groups is 1. The first-order valence-corrected chi connectivity index (χ1v) is 8.26. The molecule has 0 saturated carbocycles. The molecule has 136 valence electrons. The zero-order valence-electron chi connectivity index (χ0n) is 14.9. The van der Waals surface area contributed by atoms with Gasteiger partial charge in [0.05, 0.1) is 5.02 Å². The van der Waals surface area contributed by atoms with Gasteiger partial charge in [-0.3, -0.25) is 9.79 Å². The fourth-order valence-electron chi connectivity index (χ4n) is 2.03. The van der Waals surface area contributed by atoms with E-state index in [1.165, 1.54) is 25.4 Å². The summed E-state index contributed by atoms with van der Waals surface area (Å²) in [5.41, 5.74) is 7.96. The standard InChI is InChI=1S/C18H24ClFN4O/c1-5-11(2)17(24-18(25)16(22-4)12(3)9-21)23-10-13-6-7-14(19)15(20)8-13/h6-9,23H,5,10,21H2,1-4H3,(H,24,25)/b12-9-,17-11?,22-16?. The van der Waals surface area contributed by atoms with Gasteiger partial charge in [0.25, 0.3) is 5.91 Å². The zero-order valence-corrected chi connectivity index (χ0v) is 15.7. The molecule has 7 heteroatoms. The molecule has 0 bridgehead atoms. The van der Waals surface area contributed by atoms with Crippen LogP contribution in [0.4, 0.5) is 4.39 Å². The maximum Gasteiger partial charge on any atom is 0.275 e. The van der Waals surface area contributed by atoms with Crippen LogP contribution in [0.3, 0.4) is 0 Å². The number of benzene rings is 1. The predicted molar refractivity (Wildman–Crippen MR) is 101 cm³/mol. The van der Waals surface area contributed by atoms with E-state index in [1.807, 2.05) is 13.8 Å². The van der Waals surface area contributed by atoms with E-state index in [1.54, 1.807) is 13.0 Å². The minimum atomic E-state index is -0.480. The summed E-state index contributed by atoms with van der Waals surface area (Å²) in [6, 6.07) is 4.58. The van der Waals surface area contributed by atoms with Crippen molar-refractivity contribution >= 4 is 23.2 Å². The Morgan fingerprint density at radius 1 is 1.40 bits per heavy atom. The van der Waals surface area contributed by atoms with Gasteiger partial charge in [0.1, 0.15) is 17.3 Å². The van der Waals surface area contributed by atoms with Crippen LogP contribution in [0.1, 0.15) is 32.8 Å². The molecule has 0 aliphatic rings. The summed E-state index contributed by atoms with van der Waals surface area (Å²) in [6.07, 6.45) is 2.07. The molecule has 0 heterocycles. The quantitative estimate of drug-likeness (QED) is 0.648. The van der Waals surface area contributed by atoms with Crippen molar-refractivity contribution in [3.05, 3.63) is 57.8 Å². The molecule has 1 rings (SSSR count). The van der Waals surface area contributed by atoms with Crippen LogP contribution in [0.25, 0.3) is 0 Å². The molecule has 0 atom stereocenters. The highest BCUT2D eigenvalue weighted by molar-refractivity contribution is 6.45. The van der Waals surface area contributed by atoms with Gasteiger partial charge >= 0.3 is 0 Å². The molecular weight excluding hydrogens is 343 g/mol. The molecule has 0 aromatic heterocycles. The van der Waals surface area contributed by atoms with Crippen LogP contribution >= 0.6 is 11.6 Å². The third-order valence-electron chi connectivity index (χ3n) is 3.71. The van der Waals surface area contributed by atoms with Crippen LogP contribution in [-0.2, 0) is 11.3 Å². The lowest BCUT2D eigenvalue weighted by molar-refractivity contribution is -0.114. The summed E-state index contributed by atoms with van der Waals surface area (Å²) in [5, 5.41) is 6.02. The molecular formula is C18H24ClFN4O. The van der Waals surface area contributed by atoms with Crippen molar-refractivity contribution in [3.63, 3.8) is 0 Å². The number of amides is 1. The third kappa shape index (κ3) is 5.90. The largest absolute Gasteiger partial charge is 0.404 e. The van der Waals surface area contributed by atoms with E-state index in [9.17, 15) is 9.18 Å². The third-order valence-corrected chi connectivity index (χ3v) is 4.02. The number of hydrogen-bond donors (Lipinski definition) is 3. The zero-order chi connectivity index (χ0) is 19.0. The van der Waals surface area contributed by atoms with Crippen molar-refractivity contribution in [1.82, 2.24) is 10.6 Å². The van der Waals surface area contributed by atoms with Crippen LogP contribution in [0.15, 0.2) is 46.4 Å². The fourth-order valence-corrected chi connectivity index (χ4v) is 2.14. The minimum absolute atomic E-state index is 0.0744. The second-order valence-electron chi connectivity index (χ2n) is 5.49. The SMILES string of the molecule is CCC(C)=C(NCc1ccc(Cl)c(F)c1)NC(=O)C(=NC)/C(C)=C\N. The van der Waals surface area contributed by atoms with Gasteiger partial charge in [-0.05, 0) is 55.3 Å². The number of nitrogens with zero attached hydrogens (tertiary/aromatic N) is 1. The molecule has 0 unspecified atom stereocenters. The Kier molecular flexibility index (Phi) is 8.15. The summed E-state index contributed by atoms with van der Waals surface area (Å²) in [7, 11) is 1.53. The van der Waals surface area contributed by atoms with E-state index in [2.05, 4.69) is 15.6 Å². The molecule has 0 fully saturated rings. The van der Waals surface area contributed by atoms with Crippen molar-refractivity contribution in [3.8, 4) is 0 Å². The molecule has 1 aromatic carbocycles. The summed E-state index contributed by atoms with van der Waals surface area (Å²) in [6.45, 7) is 5.93. The van der Waals surface area contributed by atoms with Crippen molar-refractivity contribution in [1.29, 1.82) is 0 Å². The molecule has 0 aliphatic carbocycles. The van der Waals surface area contributed by atoms with Gasteiger partial charge in [-0.2, -0.15) is 0 Å². The molecule has 25 heavy (non-hydrogen) atoms. The molecule has 0 radical (unpaired) electrons. The number of halogens is 2. The number of allylic oxidation sites excluding steroid dienone is 1. The van der Waals surface area contributed by atoms with Crippen molar-refractivity contribution < 1.29 is 9.18 Å². The Balaban J connectivity index is 2.92. The van der Waals surface area contributed by atoms with Gasteiger partial charge in [0.15, 0.2) is 0 Å². The maximum absolute atomic E-state index is 13.5. The van der Waals surface area contributed by atoms with E-state index in [0.29, 0.717) is 23.5 Å². The summed E-state index contributed by atoms with van der Waals surface area (Å²) in [4.78, 5) is 16.4. The Bertz CT molecular complexity index is 726. The van der Waals surface area contributed by atoms with Crippen LogP contribution in [0.2, 0.25) is 5.02 Å². The number of carbonyl (C=O) groups excluding carboxylic acids is 1. The van der Waals surface area contributed by atoms with Crippen LogP contribution in [0, 0.1) is 5.82 Å². The summed E-state index contributed by atoms with van der Waals surface area (Å²) in [5.74, 6) is -0.278. The second kappa shape index (κ2) is 9.84. The van der Waals surface area contributed by atoms with Gasteiger partial charge in [0, 0.05) is 13.6 Å². The Labute approximate surface area is 152 Å². The van der Waals surface area contributed by atoms with Gasteiger partial charge in [0.2, 0.25) is 0 Å². The highest BCUT2D eigenvalue weighted by Gasteiger charge is 2.15. The normalized spacial score (nSPS) is 13.4. The van der Waals surface area contributed by atoms with E-state index >= 15 is 0 Å². The predicted octanol–water partition coefficient (Wildman–Crippen LogP) is 3.26. The average Bonchev–Trinajstić information content (AvgIpc) is 2.60. The number of nitrogens with two attached hydrogens (primary N) is 1. The Morgan fingerprint density at radius 3 is 2.60 bits per heavy atom. The summed E-state index contributed by atoms with van der Waals surface area (Å²) < 4.78 is 13.5. The fraction of sp³-hybridized carbons (Fsp3) is 0.333. The van der Waals surface area contributed by atoms with E-state index in [-0.39, 0.29) is 16.6 Å². The second-order valence-corrected chi connectivity index (χ2v) is 5.89. The molecule has 1 aromatic rings. The van der Waals surface area contributed by atoms with Gasteiger partial charge in [-0.1, -0.05) is 24.6 Å². The lowest BCUT2D eigenvalue weighted by Gasteiger charge is -2.17. The molecule has 4 N–H and O–H groups in total. The lowest BCUT2D eigenvalue weighted by Crippen LogP contribution is -2.37. The minimum Gasteiger partial charge on any atom is -0.404 e. The maximum atomic E-state index is 13.5. The summed E-state index contributed by atoms with van der Waals surface area (Å²) >= 11 is 5.69. The van der Waals surface area contributed by atoms with Crippen LogP contribution in [-0.4, -0.2) is 18.7 Å². The smallest absolute Gasteiger partial charge is 0.275 e. The molecule has 0 saturated heterocycles. The number of hydrogen-bond acceptors (Lipinski definition) is 4. The molecule has 0 aliphatic heterocycles. The number of aliphatic imine (C=N–C) groups is 1. The van der Waals surface area contributed by atoms with E-state index in [0.717, 1.165) is 12.0 Å². The van der Waals surface area contributed by atoms with E-state index in [4.69, 9.17) is 17.3 Å². The topological polar surface area (TPSA) is 79.5 Å². The number of nitrogens with one attached hydrogen (secondary N) is 2. The highest BCUT2D eigenvalue weighted by Crippen LogP contribution is 2.16. The highest BCUT2D eigenvalue weighted by atomic mass is 35.5. The van der Waals surface area contributed by atoms with E-state index < -0.39 is 5.82 Å². The monoisotopic (exact) mass is 366 g/mol. The van der Waals surface area contributed by atoms with Gasteiger partial charge in [-0.25, -0.2) is 4.39 Å².